The molecular formula is C10H14N2O3S. The second-order valence-electron chi connectivity index (χ2n) is 3.31. The molecule has 0 aliphatic heterocycles. The average molecular weight is 242 g/mol. The number of hydrogen-bond acceptors (Lipinski definition) is 4. The summed E-state index contributed by atoms with van der Waals surface area (Å²) >= 11 is 0. The molecule has 6 heteroatoms. The fourth-order valence-electron chi connectivity index (χ4n) is 1.15. The topological polar surface area (TPSA) is 89.3 Å². The molecule has 0 radical (unpaired) electrons. The summed E-state index contributed by atoms with van der Waals surface area (Å²) in [5.41, 5.74) is 5.96. The van der Waals surface area contributed by atoms with Gasteiger partial charge in [-0.3, -0.25) is 4.79 Å². The van der Waals surface area contributed by atoms with Crippen molar-refractivity contribution in [2.24, 2.45) is 0 Å². The van der Waals surface area contributed by atoms with Crippen LogP contribution in [-0.2, 0) is 14.6 Å². The second kappa shape index (κ2) is 4.98. The zero-order valence-electron chi connectivity index (χ0n) is 8.93. The van der Waals surface area contributed by atoms with Crippen molar-refractivity contribution in [2.75, 3.05) is 18.5 Å². The van der Waals surface area contributed by atoms with E-state index in [1.54, 1.807) is 0 Å². The van der Waals surface area contributed by atoms with Crippen LogP contribution in [-0.4, -0.2) is 27.1 Å². The number of anilines is 1. The van der Waals surface area contributed by atoms with Crippen molar-refractivity contribution in [2.45, 2.75) is 11.3 Å². The number of nitrogens with one attached hydrogen (secondary N) is 1. The quantitative estimate of drug-likeness (QED) is 0.737. The molecule has 1 aromatic carbocycles. The van der Waals surface area contributed by atoms with Gasteiger partial charge in [0.1, 0.15) is 0 Å². The molecule has 16 heavy (non-hydrogen) atoms. The third-order valence-corrected chi connectivity index (χ3v) is 3.85. The minimum Gasteiger partial charge on any atom is -0.399 e. The Kier molecular flexibility index (Phi) is 3.89. The summed E-state index contributed by atoms with van der Waals surface area (Å²) in [6.07, 6.45) is -0.0385. The highest BCUT2D eigenvalue weighted by Crippen LogP contribution is 2.13. The Labute approximate surface area is 94.6 Å². The van der Waals surface area contributed by atoms with Crippen LogP contribution in [0, 0.1) is 0 Å². The van der Waals surface area contributed by atoms with Gasteiger partial charge in [-0.25, -0.2) is 8.42 Å². The first-order valence-electron chi connectivity index (χ1n) is 4.74. The SMILES string of the molecule is CNC(=O)CCS(=O)(=O)c1ccc(N)cc1. The molecule has 0 aliphatic carbocycles. The smallest absolute Gasteiger partial charge is 0.220 e. The molecule has 1 rings (SSSR count). The molecule has 0 aromatic heterocycles. The minimum absolute atomic E-state index is 0.0385. The third-order valence-electron chi connectivity index (χ3n) is 2.12. The molecule has 0 spiro atoms. The number of hydrogen-bond donors (Lipinski definition) is 2. The van der Waals surface area contributed by atoms with Gasteiger partial charge >= 0.3 is 0 Å². The normalized spacial score (nSPS) is 11.1. The predicted molar refractivity (Wildman–Crippen MR) is 61.6 cm³/mol. The van der Waals surface area contributed by atoms with Crippen LogP contribution in [0.5, 0.6) is 0 Å². The van der Waals surface area contributed by atoms with E-state index in [0.717, 1.165) is 0 Å². The number of amides is 1. The summed E-state index contributed by atoms with van der Waals surface area (Å²) in [6.45, 7) is 0. The first kappa shape index (κ1) is 12.5. The lowest BCUT2D eigenvalue weighted by atomic mass is 10.3. The van der Waals surface area contributed by atoms with Gasteiger partial charge in [0, 0.05) is 19.2 Å². The zero-order valence-corrected chi connectivity index (χ0v) is 9.75. The Morgan fingerprint density at radius 2 is 1.88 bits per heavy atom. The van der Waals surface area contributed by atoms with Gasteiger partial charge in [-0.05, 0) is 24.3 Å². The number of nitrogen functional groups attached to an aromatic ring is 1. The van der Waals surface area contributed by atoms with E-state index in [1.807, 2.05) is 0 Å². The van der Waals surface area contributed by atoms with Crippen molar-refractivity contribution in [3.63, 3.8) is 0 Å². The van der Waals surface area contributed by atoms with Crippen molar-refractivity contribution in [3.05, 3.63) is 24.3 Å². The molecule has 0 saturated carbocycles. The molecule has 3 N–H and O–H groups in total. The van der Waals surface area contributed by atoms with Crippen LogP contribution in [0.4, 0.5) is 5.69 Å². The van der Waals surface area contributed by atoms with Gasteiger partial charge in [0.15, 0.2) is 9.84 Å². The molecule has 0 bridgehead atoms. The van der Waals surface area contributed by atoms with Gasteiger partial charge in [0.2, 0.25) is 5.91 Å². The summed E-state index contributed by atoms with van der Waals surface area (Å²) in [4.78, 5) is 11.1. The van der Waals surface area contributed by atoms with Crippen LogP contribution in [0.3, 0.4) is 0 Å². The van der Waals surface area contributed by atoms with E-state index in [9.17, 15) is 13.2 Å². The van der Waals surface area contributed by atoms with Gasteiger partial charge in [-0.2, -0.15) is 0 Å². The zero-order chi connectivity index (χ0) is 12.2. The molecule has 88 valence electrons. The largest absolute Gasteiger partial charge is 0.399 e. The highest BCUT2D eigenvalue weighted by molar-refractivity contribution is 7.91. The van der Waals surface area contributed by atoms with Crippen LogP contribution in [0.2, 0.25) is 0 Å². The first-order valence-corrected chi connectivity index (χ1v) is 6.40. The number of rotatable bonds is 4. The minimum atomic E-state index is -3.40. The van der Waals surface area contributed by atoms with Gasteiger partial charge in [-0.15, -0.1) is 0 Å². The lowest BCUT2D eigenvalue weighted by Crippen LogP contribution is -2.21. The van der Waals surface area contributed by atoms with E-state index in [2.05, 4.69) is 5.32 Å². The van der Waals surface area contributed by atoms with E-state index in [-0.39, 0.29) is 23.0 Å². The Morgan fingerprint density at radius 3 is 2.38 bits per heavy atom. The van der Waals surface area contributed by atoms with Gasteiger partial charge < -0.3 is 11.1 Å². The molecule has 0 aliphatic rings. The molecule has 0 fully saturated rings. The molecule has 0 saturated heterocycles. The lowest BCUT2D eigenvalue weighted by Gasteiger charge is -2.04. The fourth-order valence-corrected chi connectivity index (χ4v) is 2.39. The predicted octanol–water partition coefficient (Wildman–Crippen LogP) is 0.179. The summed E-state index contributed by atoms with van der Waals surface area (Å²) in [5, 5.41) is 2.37. The van der Waals surface area contributed by atoms with Crippen molar-refractivity contribution in [1.82, 2.24) is 5.32 Å². The number of carbonyl (C=O) groups is 1. The van der Waals surface area contributed by atoms with Crippen LogP contribution in [0.1, 0.15) is 6.42 Å². The number of carbonyl (C=O) groups excluding carboxylic acids is 1. The summed E-state index contributed by atoms with van der Waals surface area (Å²) in [6, 6.07) is 5.92. The Balaban J connectivity index is 2.78. The Bertz CT molecular complexity index is 465. The van der Waals surface area contributed by atoms with Gasteiger partial charge in [0.25, 0.3) is 0 Å². The van der Waals surface area contributed by atoms with Crippen LogP contribution in [0.25, 0.3) is 0 Å². The molecular weight excluding hydrogens is 228 g/mol. The molecule has 0 unspecified atom stereocenters. The van der Waals surface area contributed by atoms with Crippen molar-refractivity contribution in [1.29, 1.82) is 0 Å². The maximum absolute atomic E-state index is 11.7. The standard InChI is InChI=1S/C10H14N2O3S/c1-12-10(13)6-7-16(14,15)9-4-2-8(11)3-5-9/h2-5H,6-7,11H2,1H3,(H,12,13). The molecule has 5 nitrogen and oxygen atoms in total. The Morgan fingerprint density at radius 1 is 1.31 bits per heavy atom. The van der Waals surface area contributed by atoms with Crippen molar-refractivity contribution >= 4 is 21.4 Å². The van der Waals surface area contributed by atoms with Gasteiger partial charge in [0.05, 0.1) is 10.6 Å². The Hall–Kier alpha value is -1.56. The average Bonchev–Trinajstić information content (AvgIpc) is 2.26. The van der Waals surface area contributed by atoms with E-state index in [0.29, 0.717) is 5.69 Å². The van der Waals surface area contributed by atoms with Crippen LogP contribution < -0.4 is 11.1 Å². The fraction of sp³-hybridized carbons (Fsp3) is 0.300. The summed E-state index contributed by atoms with van der Waals surface area (Å²) < 4.78 is 23.5. The van der Waals surface area contributed by atoms with E-state index in [1.165, 1.54) is 31.3 Å². The summed E-state index contributed by atoms with van der Waals surface area (Å²) in [5.74, 6) is -0.490. The second-order valence-corrected chi connectivity index (χ2v) is 5.42. The van der Waals surface area contributed by atoms with E-state index >= 15 is 0 Å². The number of nitrogens with two attached hydrogens (primary N) is 1. The first-order chi connectivity index (χ1) is 7.45. The van der Waals surface area contributed by atoms with Crippen LogP contribution in [0.15, 0.2) is 29.2 Å². The number of sulfone groups is 1. The molecule has 1 amide bonds. The van der Waals surface area contributed by atoms with Crippen molar-refractivity contribution < 1.29 is 13.2 Å². The third kappa shape index (κ3) is 3.23. The van der Waals surface area contributed by atoms with Crippen LogP contribution >= 0.6 is 0 Å². The highest BCUT2D eigenvalue weighted by Gasteiger charge is 2.15. The van der Waals surface area contributed by atoms with E-state index in [4.69, 9.17) is 5.73 Å². The highest BCUT2D eigenvalue weighted by atomic mass is 32.2. The lowest BCUT2D eigenvalue weighted by molar-refractivity contribution is -0.120. The monoisotopic (exact) mass is 242 g/mol. The maximum atomic E-state index is 11.7. The molecule has 1 aromatic rings. The molecule has 0 atom stereocenters. The molecule has 0 heterocycles. The maximum Gasteiger partial charge on any atom is 0.220 e. The van der Waals surface area contributed by atoms with E-state index < -0.39 is 9.84 Å². The van der Waals surface area contributed by atoms with Gasteiger partial charge in [-0.1, -0.05) is 0 Å². The summed E-state index contributed by atoms with van der Waals surface area (Å²) in [7, 11) is -1.93. The van der Waals surface area contributed by atoms with Crippen molar-refractivity contribution in [3.8, 4) is 0 Å². The number of benzene rings is 1.